The first-order chi connectivity index (χ1) is 10.1. The van der Waals surface area contributed by atoms with E-state index in [9.17, 15) is 4.79 Å². The van der Waals surface area contributed by atoms with Crippen LogP contribution in [0.5, 0.6) is 5.75 Å². The fourth-order valence-corrected chi connectivity index (χ4v) is 2.34. The van der Waals surface area contributed by atoms with Crippen molar-refractivity contribution in [3.63, 3.8) is 0 Å². The van der Waals surface area contributed by atoms with Crippen LogP contribution in [-0.2, 0) is 0 Å². The van der Waals surface area contributed by atoms with E-state index in [2.05, 4.69) is 5.10 Å². The van der Waals surface area contributed by atoms with Gasteiger partial charge in [0.25, 0.3) is 5.91 Å². The van der Waals surface area contributed by atoms with E-state index in [1.54, 1.807) is 0 Å². The summed E-state index contributed by atoms with van der Waals surface area (Å²) in [4.78, 5) is 12.1. The second-order valence-electron chi connectivity index (χ2n) is 5.03. The van der Waals surface area contributed by atoms with Crippen LogP contribution in [-0.4, -0.2) is 22.3 Å². The van der Waals surface area contributed by atoms with Gasteiger partial charge in [0.15, 0.2) is 6.61 Å². The molecular formula is C17H16N2O2. The summed E-state index contributed by atoms with van der Waals surface area (Å²) in [6, 6.07) is 15.7. The summed E-state index contributed by atoms with van der Waals surface area (Å²) < 4.78 is 6.97. The molecule has 106 valence electrons. The third kappa shape index (κ3) is 2.79. The molecule has 0 fully saturated rings. The fraction of sp³-hybridized carbons (Fsp3) is 0.176. The van der Waals surface area contributed by atoms with Gasteiger partial charge in [-0.3, -0.25) is 4.79 Å². The maximum atomic E-state index is 12.1. The number of nitrogens with zero attached hydrogens (tertiary/aromatic N) is 2. The number of aryl methyl sites for hydroxylation is 2. The SMILES string of the molecule is Cc1cc(C)n(C(=O)COc2ccc3ccccc3c2)n1. The standard InChI is InChI=1S/C17H16N2O2/c1-12-9-13(2)19(18-12)17(20)11-21-16-8-7-14-5-3-4-6-15(14)10-16/h3-10H,11H2,1-2H3. The van der Waals surface area contributed by atoms with Gasteiger partial charge in [-0.05, 0) is 42.8 Å². The Morgan fingerprint density at radius 2 is 1.86 bits per heavy atom. The number of aromatic nitrogens is 2. The Labute approximate surface area is 123 Å². The average Bonchev–Trinajstić information content (AvgIpc) is 2.83. The first-order valence-electron chi connectivity index (χ1n) is 6.81. The van der Waals surface area contributed by atoms with E-state index in [4.69, 9.17) is 4.74 Å². The Kier molecular flexibility index (Phi) is 3.44. The molecular weight excluding hydrogens is 264 g/mol. The van der Waals surface area contributed by atoms with Gasteiger partial charge < -0.3 is 4.74 Å². The molecule has 0 aliphatic carbocycles. The maximum Gasteiger partial charge on any atom is 0.284 e. The quantitative estimate of drug-likeness (QED) is 0.738. The molecule has 0 N–H and O–H groups in total. The molecule has 0 unspecified atom stereocenters. The zero-order valence-corrected chi connectivity index (χ0v) is 12.0. The number of hydrogen-bond acceptors (Lipinski definition) is 3. The van der Waals surface area contributed by atoms with Crippen LogP contribution >= 0.6 is 0 Å². The Hall–Kier alpha value is -2.62. The maximum absolute atomic E-state index is 12.1. The first kappa shape index (κ1) is 13.4. The van der Waals surface area contributed by atoms with Gasteiger partial charge in [0.2, 0.25) is 0 Å². The van der Waals surface area contributed by atoms with E-state index < -0.39 is 0 Å². The molecule has 1 aromatic heterocycles. The normalized spacial score (nSPS) is 10.8. The topological polar surface area (TPSA) is 44.1 Å². The summed E-state index contributed by atoms with van der Waals surface area (Å²) in [5.41, 5.74) is 1.64. The lowest BCUT2D eigenvalue weighted by atomic mass is 10.1. The minimum Gasteiger partial charge on any atom is -0.484 e. The van der Waals surface area contributed by atoms with Gasteiger partial charge in [0.05, 0.1) is 5.69 Å². The number of carbonyl (C=O) groups excluding carboxylic acids is 1. The largest absolute Gasteiger partial charge is 0.484 e. The highest BCUT2D eigenvalue weighted by Crippen LogP contribution is 2.20. The smallest absolute Gasteiger partial charge is 0.284 e. The van der Waals surface area contributed by atoms with Crippen molar-refractivity contribution in [1.82, 2.24) is 9.78 Å². The van der Waals surface area contributed by atoms with Crippen molar-refractivity contribution in [3.8, 4) is 5.75 Å². The number of carbonyl (C=O) groups is 1. The predicted molar refractivity (Wildman–Crippen MR) is 81.8 cm³/mol. The van der Waals surface area contributed by atoms with E-state index in [1.807, 2.05) is 62.4 Å². The summed E-state index contributed by atoms with van der Waals surface area (Å²) >= 11 is 0. The van der Waals surface area contributed by atoms with Crippen molar-refractivity contribution in [1.29, 1.82) is 0 Å². The van der Waals surface area contributed by atoms with Crippen molar-refractivity contribution in [3.05, 3.63) is 59.9 Å². The van der Waals surface area contributed by atoms with E-state index in [0.717, 1.165) is 22.2 Å². The van der Waals surface area contributed by atoms with Crippen LogP contribution in [0.4, 0.5) is 0 Å². The molecule has 4 nitrogen and oxygen atoms in total. The predicted octanol–water partition coefficient (Wildman–Crippen LogP) is 3.37. The molecule has 0 atom stereocenters. The molecule has 3 rings (SSSR count). The Bertz CT molecular complexity index is 805. The monoisotopic (exact) mass is 280 g/mol. The highest BCUT2D eigenvalue weighted by Gasteiger charge is 2.10. The van der Waals surface area contributed by atoms with Crippen LogP contribution in [0.3, 0.4) is 0 Å². The fourth-order valence-electron chi connectivity index (χ4n) is 2.34. The van der Waals surface area contributed by atoms with Gasteiger partial charge in [0, 0.05) is 5.69 Å². The van der Waals surface area contributed by atoms with Crippen LogP contribution in [0.2, 0.25) is 0 Å². The molecule has 0 amide bonds. The molecule has 3 aromatic rings. The van der Waals surface area contributed by atoms with Crippen LogP contribution in [0.15, 0.2) is 48.5 Å². The Morgan fingerprint density at radius 1 is 1.10 bits per heavy atom. The minimum atomic E-state index is -0.172. The number of rotatable bonds is 3. The number of benzene rings is 2. The van der Waals surface area contributed by atoms with Crippen LogP contribution < -0.4 is 4.74 Å². The second-order valence-corrected chi connectivity index (χ2v) is 5.03. The zero-order valence-electron chi connectivity index (χ0n) is 12.0. The molecule has 0 bridgehead atoms. The molecule has 0 saturated heterocycles. The molecule has 4 heteroatoms. The average molecular weight is 280 g/mol. The molecule has 0 spiro atoms. The molecule has 0 aliphatic heterocycles. The summed E-state index contributed by atoms with van der Waals surface area (Å²) in [5.74, 6) is 0.511. The highest BCUT2D eigenvalue weighted by atomic mass is 16.5. The van der Waals surface area contributed by atoms with Crippen molar-refractivity contribution in [2.75, 3.05) is 6.61 Å². The van der Waals surface area contributed by atoms with Crippen molar-refractivity contribution < 1.29 is 9.53 Å². The lowest BCUT2D eigenvalue weighted by Crippen LogP contribution is -2.21. The van der Waals surface area contributed by atoms with Crippen LogP contribution in [0.25, 0.3) is 10.8 Å². The van der Waals surface area contributed by atoms with E-state index >= 15 is 0 Å². The zero-order chi connectivity index (χ0) is 14.8. The van der Waals surface area contributed by atoms with Crippen molar-refractivity contribution >= 4 is 16.7 Å². The van der Waals surface area contributed by atoms with Gasteiger partial charge in [-0.25, -0.2) is 4.68 Å². The minimum absolute atomic E-state index is 0.0275. The van der Waals surface area contributed by atoms with Crippen LogP contribution in [0, 0.1) is 13.8 Å². The van der Waals surface area contributed by atoms with Crippen molar-refractivity contribution in [2.24, 2.45) is 0 Å². The molecule has 0 radical (unpaired) electrons. The van der Waals surface area contributed by atoms with Gasteiger partial charge >= 0.3 is 0 Å². The number of hydrogen-bond donors (Lipinski definition) is 0. The van der Waals surface area contributed by atoms with Gasteiger partial charge in [0.1, 0.15) is 5.75 Å². The molecule has 21 heavy (non-hydrogen) atoms. The molecule has 1 heterocycles. The van der Waals surface area contributed by atoms with Gasteiger partial charge in [-0.15, -0.1) is 0 Å². The second kappa shape index (κ2) is 5.40. The van der Waals surface area contributed by atoms with Crippen molar-refractivity contribution in [2.45, 2.75) is 13.8 Å². The molecule has 2 aromatic carbocycles. The van der Waals surface area contributed by atoms with Gasteiger partial charge in [-0.2, -0.15) is 5.10 Å². The third-order valence-electron chi connectivity index (χ3n) is 3.33. The molecule has 0 saturated carbocycles. The highest BCUT2D eigenvalue weighted by molar-refractivity contribution is 5.84. The Morgan fingerprint density at radius 3 is 2.57 bits per heavy atom. The lowest BCUT2D eigenvalue weighted by molar-refractivity contribution is 0.0818. The van der Waals surface area contributed by atoms with E-state index in [-0.39, 0.29) is 12.5 Å². The first-order valence-corrected chi connectivity index (χ1v) is 6.81. The van der Waals surface area contributed by atoms with Gasteiger partial charge in [-0.1, -0.05) is 30.3 Å². The third-order valence-corrected chi connectivity index (χ3v) is 3.33. The van der Waals surface area contributed by atoms with E-state index in [0.29, 0.717) is 5.75 Å². The number of fused-ring (bicyclic) bond motifs is 1. The Balaban J connectivity index is 1.74. The molecule has 0 aliphatic rings. The summed E-state index contributed by atoms with van der Waals surface area (Å²) in [6.45, 7) is 3.69. The van der Waals surface area contributed by atoms with Crippen LogP contribution in [0.1, 0.15) is 16.2 Å². The summed E-state index contributed by atoms with van der Waals surface area (Å²) in [7, 11) is 0. The number of ether oxygens (including phenoxy) is 1. The summed E-state index contributed by atoms with van der Waals surface area (Å²) in [6.07, 6.45) is 0. The van der Waals surface area contributed by atoms with E-state index in [1.165, 1.54) is 4.68 Å². The lowest BCUT2D eigenvalue weighted by Gasteiger charge is -2.07. The summed E-state index contributed by atoms with van der Waals surface area (Å²) in [5, 5.41) is 6.40.